The molecule has 1 heterocycles. The molecule has 2 unspecified atom stereocenters. The number of benzene rings is 1. The number of piperazine rings is 1. The number of amides is 1. The smallest absolute Gasteiger partial charge is 0.238 e. The summed E-state index contributed by atoms with van der Waals surface area (Å²) in [6, 6.07) is 8.92. The van der Waals surface area contributed by atoms with E-state index >= 15 is 0 Å². The molecule has 110 valence electrons. The van der Waals surface area contributed by atoms with Crippen LogP contribution in [0, 0.1) is 0 Å². The van der Waals surface area contributed by atoms with Crippen molar-refractivity contribution in [1.82, 2.24) is 9.62 Å². The summed E-state index contributed by atoms with van der Waals surface area (Å²) in [6.07, 6.45) is 0. The van der Waals surface area contributed by atoms with E-state index in [2.05, 4.69) is 5.32 Å². The highest BCUT2D eigenvalue weighted by Gasteiger charge is 2.35. The van der Waals surface area contributed by atoms with Crippen molar-refractivity contribution >= 4 is 15.9 Å². The Morgan fingerprint density at radius 3 is 2.65 bits per heavy atom. The molecule has 1 amide bonds. The van der Waals surface area contributed by atoms with Crippen LogP contribution in [-0.2, 0) is 14.8 Å². The number of rotatable bonds is 4. The molecule has 1 N–H and O–H groups in total. The molecule has 1 aliphatic rings. The Labute approximate surface area is 120 Å². The third-order valence-corrected chi connectivity index (χ3v) is 5.76. The van der Waals surface area contributed by atoms with Crippen LogP contribution in [0.4, 0.5) is 0 Å². The lowest BCUT2D eigenvalue weighted by Gasteiger charge is -2.32. The van der Waals surface area contributed by atoms with Gasteiger partial charge in [0.2, 0.25) is 15.9 Å². The van der Waals surface area contributed by atoms with Gasteiger partial charge in [-0.2, -0.15) is 4.31 Å². The van der Waals surface area contributed by atoms with Gasteiger partial charge in [0.05, 0.1) is 5.75 Å². The first kappa shape index (κ1) is 15.0. The molecule has 1 aromatic carbocycles. The van der Waals surface area contributed by atoms with Crippen molar-refractivity contribution in [3.05, 3.63) is 35.9 Å². The first-order chi connectivity index (χ1) is 9.42. The summed E-state index contributed by atoms with van der Waals surface area (Å²) in [5.74, 6) is -0.306. The zero-order valence-electron chi connectivity index (χ0n) is 11.7. The lowest BCUT2D eigenvalue weighted by atomic mass is 10.0. The quantitative estimate of drug-likeness (QED) is 0.899. The number of carbonyl (C=O) groups is 1. The van der Waals surface area contributed by atoms with Crippen molar-refractivity contribution in [1.29, 1.82) is 0 Å². The summed E-state index contributed by atoms with van der Waals surface area (Å²) in [4.78, 5) is 11.6. The maximum absolute atomic E-state index is 12.5. The summed E-state index contributed by atoms with van der Waals surface area (Å²) >= 11 is 0. The minimum absolute atomic E-state index is 0.0225. The largest absolute Gasteiger partial charge is 0.353 e. The van der Waals surface area contributed by atoms with E-state index in [9.17, 15) is 13.2 Å². The fourth-order valence-corrected chi connectivity index (χ4v) is 4.39. The van der Waals surface area contributed by atoms with E-state index in [-0.39, 0.29) is 17.6 Å². The number of carbonyl (C=O) groups excluding carboxylic acids is 1. The number of hydrogen-bond acceptors (Lipinski definition) is 3. The average Bonchev–Trinajstić information content (AvgIpc) is 2.42. The summed E-state index contributed by atoms with van der Waals surface area (Å²) in [5, 5.41) is 2.67. The van der Waals surface area contributed by atoms with Crippen LogP contribution in [0.25, 0.3) is 0 Å². The van der Waals surface area contributed by atoms with E-state index in [1.54, 1.807) is 6.92 Å². The SMILES string of the molecule is CC(CS(=O)(=O)N1CCNC(=O)C1C)c1ccccc1. The van der Waals surface area contributed by atoms with Crippen LogP contribution in [0.1, 0.15) is 25.3 Å². The van der Waals surface area contributed by atoms with E-state index in [0.29, 0.717) is 13.1 Å². The zero-order valence-corrected chi connectivity index (χ0v) is 12.6. The monoisotopic (exact) mass is 296 g/mol. The van der Waals surface area contributed by atoms with Crippen LogP contribution in [-0.4, -0.2) is 43.5 Å². The minimum atomic E-state index is -3.44. The van der Waals surface area contributed by atoms with Crippen LogP contribution in [0.15, 0.2) is 30.3 Å². The molecular formula is C14H20N2O3S. The third kappa shape index (κ3) is 3.19. The predicted octanol–water partition coefficient (Wildman–Crippen LogP) is 0.940. The highest BCUT2D eigenvalue weighted by molar-refractivity contribution is 7.89. The summed E-state index contributed by atoms with van der Waals surface area (Å²) in [5.41, 5.74) is 0.991. The number of sulfonamides is 1. The molecule has 0 radical (unpaired) electrons. The number of nitrogens with zero attached hydrogens (tertiary/aromatic N) is 1. The van der Waals surface area contributed by atoms with Gasteiger partial charge in [0.25, 0.3) is 0 Å². The van der Waals surface area contributed by atoms with E-state index in [4.69, 9.17) is 0 Å². The Bertz CT molecular complexity index is 571. The van der Waals surface area contributed by atoms with E-state index in [1.807, 2.05) is 37.3 Å². The van der Waals surface area contributed by atoms with Gasteiger partial charge < -0.3 is 5.32 Å². The summed E-state index contributed by atoms with van der Waals surface area (Å²) in [6.45, 7) is 4.24. The Hall–Kier alpha value is -1.40. The Balaban J connectivity index is 2.13. The zero-order chi connectivity index (χ0) is 14.8. The molecule has 5 nitrogen and oxygen atoms in total. The molecule has 6 heteroatoms. The Morgan fingerprint density at radius 1 is 1.35 bits per heavy atom. The molecule has 2 rings (SSSR count). The fourth-order valence-electron chi connectivity index (χ4n) is 2.43. The third-order valence-electron chi connectivity index (χ3n) is 3.63. The minimum Gasteiger partial charge on any atom is -0.353 e. The molecule has 0 spiro atoms. The van der Waals surface area contributed by atoms with Crippen molar-refractivity contribution < 1.29 is 13.2 Å². The molecule has 20 heavy (non-hydrogen) atoms. The lowest BCUT2D eigenvalue weighted by molar-refractivity contribution is -0.126. The highest BCUT2D eigenvalue weighted by atomic mass is 32.2. The maximum Gasteiger partial charge on any atom is 0.238 e. The molecule has 1 aliphatic heterocycles. The van der Waals surface area contributed by atoms with Gasteiger partial charge in [0.1, 0.15) is 6.04 Å². The predicted molar refractivity (Wildman–Crippen MR) is 77.8 cm³/mol. The number of nitrogens with one attached hydrogen (secondary N) is 1. The van der Waals surface area contributed by atoms with E-state index < -0.39 is 16.1 Å². The fraction of sp³-hybridized carbons (Fsp3) is 0.500. The second kappa shape index (κ2) is 5.93. The second-order valence-corrected chi connectivity index (χ2v) is 7.13. The molecule has 1 saturated heterocycles. The first-order valence-corrected chi connectivity index (χ1v) is 8.35. The molecule has 0 saturated carbocycles. The topological polar surface area (TPSA) is 66.5 Å². The van der Waals surface area contributed by atoms with Crippen LogP contribution in [0.5, 0.6) is 0 Å². The first-order valence-electron chi connectivity index (χ1n) is 6.74. The van der Waals surface area contributed by atoms with Gasteiger partial charge in [-0.1, -0.05) is 37.3 Å². The maximum atomic E-state index is 12.5. The van der Waals surface area contributed by atoms with Crippen LogP contribution in [0.2, 0.25) is 0 Å². The van der Waals surface area contributed by atoms with E-state index in [1.165, 1.54) is 4.31 Å². The molecule has 1 fully saturated rings. The normalized spacial score (nSPS) is 22.3. The molecule has 0 bridgehead atoms. The van der Waals surface area contributed by atoms with Gasteiger partial charge in [-0.15, -0.1) is 0 Å². The van der Waals surface area contributed by atoms with Crippen LogP contribution in [0.3, 0.4) is 0 Å². The van der Waals surface area contributed by atoms with Gasteiger partial charge in [-0.25, -0.2) is 8.42 Å². The van der Waals surface area contributed by atoms with Crippen molar-refractivity contribution in [2.24, 2.45) is 0 Å². The summed E-state index contributed by atoms with van der Waals surface area (Å²) < 4.78 is 26.3. The van der Waals surface area contributed by atoms with Gasteiger partial charge >= 0.3 is 0 Å². The van der Waals surface area contributed by atoms with Crippen LogP contribution >= 0.6 is 0 Å². The second-order valence-electron chi connectivity index (χ2n) is 5.17. The Morgan fingerprint density at radius 2 is 2.00 bits per heavy atom. The van der Waals surface area contributed by atoms with Crippen molar-refractivity contribution in [3.8, 4) is 0 Å². The van der Waals surface area contributed by atoms with Crippen molar-refractivity contribution in [2.45, 2.75) is 25.8 Å². The molecule has 0 aromatic heterocycles. The standard InChI is InChI=1S/C14H20N2O3S/c1-11(13-6-4-3-5-7-13)10-20(18,19)16-9-8-15-14(17)12(16)2/h3-7,11-12H,8-10H2,1-2H3,(H,15,17). The highest BCUT2D eigenvalue weighted by Crippen LogP contribution is 2.20. The molecule has 1 aromatic rings. The van der Waals surface area contributed by atoms with E-state index in [0.717, 1.165) is 5.56 Å². The average molecular weight is 296 g/mol. The van der Waals surface area contributed by atoms with Gasteiger partial charge in [0, 0.05) is 13.1 Å². The molecular weight excluding hydrogens is 276 g/mol. The molecule has 0 aliphatic carbocycles. The van der Waals surface area contributed by atoms with Crippen molar-refractivity contribution in [2.75, 3.05) is 18.8 Å². The van der Waals surface area contributed by atoms with Gasteiger partial charge in [-0.05, 0) is 18.4 Å². The summed E-state index contributed by atoms with van der Waals surface area (Å²) in [7, 11) is -3.44. The Kier molecular flexibility index (Phi) is 4.45. The lowest BCUT2D eigenvalue weighted by Crippen LogP contribution is -2.56. The molecule has 2 atom stereocenters. The van der Waals surface area contributed by atoms with Crippen molar-refractivity contribution in [3.63, 3.8) is 0 Å². The van der Waals surface area contributed by atoms with Crippen LogP contribution < -0.4 is 5.32 Å². The number of hydrogen-bond donors (Lipinski definition) is 1. The van der Waals surface area contributed by atoms with Gasteiger partial charge in [-0.3, -0.25) is 4.79 Å². The van der Waals surface area contributed by atoms with Gasteiger partial charge in [0.15, 0.2) is 0 Å².